The molecule has 0 fully saturated rings. The number of H-pyrrole nitrogens is 1. The minimum Gasteiger partial charge on any atom is -0.497 e. The molecule has 0 bridgehead atoms. The number of hydrogen-bond donors (Lipinski definition) is 2. The van der Waals surface area contributed by atoms with Gasteiger partial charge in [-0.3, -0.25) is 5.10 Å². The van der Waals surface area contributed by atoms with Gasteiger partial charge in [-0.05, 0) is 24.0 Å². The van der Waals surface area contributed by atoms with Gasteiger partial charge in [0.15, 0.2) is 11.2 Å². The Morgan fingerprint density at radius 2 is 1.67 bits per heavy atom. The highest BCUT2D eigenvalue weighted by atomic mass is 32.2. The number of aromatic nitrogens is 2. The number of aliphatic hydroxyl groups is 1. The molecule has 0 spiro atoms. The van der Waals surface area contributed by atoms with Crippen LogP contribution in [0.5, 0.6) is 23.0 Å². The van der Waals surface area contributed by atoms with Crippen LogP contribution in [0.4, 0.5) is 0 Å². The van der Waals surface area contributed by atoms with Crippen molar-refractivity contribution in [2.45, 2.75) is 22.1 Å². The Bertz CT molecular complexity index is 1440. The molecule has 0 unspecified atom stereocenters. The Balaban J connectivity index is 1.74. The number of fused-ring (bicyclic) bond motifs is 5. The average Bonchev–Trinajstić information content (AvgIpc) is 3.53. The number of nitrogens with one attached hydrogen (secondary N) is 1. The fourth-order valence-corrected chi connectivity index (χ4v) is 6.43. The van der Waals surface area contributed by atoms with Gasteiger partial charge in [-0.25, -0.2) is 0 Å². The predicted octanol–water partition coefficient (Wildman–Crippen LogP) is 4.83. The highest BCUT2D eigenvalue weighted by Crippen LogP contribution is 2.70. The number of nitrogens with zero attached hydrogens (tertiary/aromatic N) is 1. The minimum atomic E-state index is -1.63. The van der Waals surface area contributed by atoms with E-state index < -0.39 is 11.2 Å². The highest BCUT2D eigenvalue weighted by molar-refractivity contribution is 7.98. The number of rotatable bonds is 6. The topological polar surface area (TPSA) is 85.8 Å². The number of hydrogen-bond acceptors (Lipinski definition) is 7. The smallest absolute Gasteiger partial charge is 0.184 e. The summed E-state index contributed by atoms with van der Waals surface area (Å²) in [7, 11) is 4.80. The van der Waals surface area contributed by atoms with Crippen LogP contribution in [0.25, 0.3) is 0 Å². The molecule has 2 aliphatic rings. The van der Waals surface area contributed by atoms with Crippen molar-refractivity contribution in [3.8, 4) is 23.0 Å². The second-order valence-corrected chi connectivity index (χ2v) is 9.64. The lowest BCUT2D eigenvalue weighted by Crippen LogP contribution is -2.49. The van der Waals surface area contributed by atoms with E-state index in [-0.39, 0.29) is 5.92 Å². The van der Waals surface area contributed by atoms with Gasteiger partial charge in [-0.2, -0.15) is 5.10 Å². The first-order chi connectivity index (χ1) is 17.5. The van der Waals surface area contributed by atoms with Gasteiger partial charge in [-0.15, -0.1) is 11.8 Å². The summed E-state index contributed by atoms with van der Waals surface area (Å²) in [6.07, 6.45) is 1.98. The molecule has 1 aliphatic heterocycles. The molecule has 4 aromatic rings. The molecular formula is C28H26N2O5S. The lowest BCUT2D eigenvalue weighted by Gasteiger charge is -2.40. The van der Waals surface area contributed by atoms with E-state index in [1.54, 1.807) is 33.5 Å². The van der Waals surface area contributed by atoms with E-state index in [4.69, 9.17) is 18.9 Å². The van der Waals surface area contributed by atoms with E-state index in [9.17, 15) is 5.11 Å². The zero-order valence-corrected chi connectivity index (χ0v) is 21.2. The molecule has 6 rings (SSSR count). The third-order valence-corrected chi connectivity index (χ3v) is 8.03. The van der Waals surface area contributed by atoms with E-state index in [2.05, 4.69) is 22.3 Å². The zero-order valence-electron chi connectivity index (χ0n) is 20.4. The van der Waals surface area contributed by atoms with Crippen LogP contribution in [0.15, 0.2) is 71.8 Å². The molecule has 1 aromatic heterocycles. The molecule has 2 heterocycles. The maximum absolute atomic E-state index is 13.0. The van der Waals surface area contributed by atoms with Crippen molar-refractivity contribution in [2.75, 3.05) is 27.6 Å². The van der Waals surface area contributed by atoms with Gasteiger partial charge in [0.2, 0.25) is 0 Å². The molecule has 1 aliphatic carbocycles. The van der Waals surface area contributed by atoms with E-state index in [1.807, 2.05) is 48.7 Å². The lowest BCUT2D eigenvalue weighted by molar-refractivity contribution is -0.0918. The highest BCUT2D eigenvalue weighted by Gasteiger charge is 2.73. The van der Waals surface area contributed by atoms with Crippen LogP contribution in [-0.4, -0.2) is 42.9 Å². The summed E-state index contributed by atoms with van der Waals surface area (Å²) in [6.45, 7) is 0. The van der Waals surface area contributed by atoms with E-state index in [1.165, 1.54) is 11.8 Å². The van der Waals surface area contributed by atoms with E-state index >= 15 is 0 Å². The normalized spacial score (nSPS) is 23.4. The van der Waals surface area contributed by atoms with Gasteiger partial charge >= 0.3 is 0 Å². The second-order valence-electron chi connectivity index (χ2n) is 8.84. The first kappa shape index (κ1) is 22.8. The minimum absolute atomic E-state index is 0.378. The number of ether oxygens (including phenoxy) is 4. The fourth-order valence-electron chi connectivity index (χ4n) is 5.85. The third kappa shape index (κ3) is 2.77. The van der Waals surface area contributed by atoms with Crippen molar-refractivity contribution < 1.29 is 24.1 Å². The molecule has 3 atom stereocenters. The van der Waals surface area contributed by atoms with E-state index in [0.717, 1.165) is 21.7 Å². The van der Waals surface area contributed by atoms with Crippen LogP contribution < -0.4 is 18.9 Å². The zero-order chi connectivity index (χ0) is 25.1. The fraction of sp³-hybridized carbons (Fsp3) is 0.250. The SMILES string of the molecule is COc1ccc([C@@]23Oc4cc(OC)cc(OC)c4[C@]2(O)c2[nH]nc(SC)c2[C@H]3c2ccccc2)cc1. The summed E-state index contributed by atoms with van der Waals surface area (Å²) in [4.78, 5) is 0. The first-order valence-electron chi connectivity index (χ1n) is 11.5. The molecule has 7 nitrogen and oxygen atoms in total. The van der Waals surface area contributed by atoms with Crippen LogP contribution in [0.3, 0.4) is 0 Å². The predicted molar refractivity (Wildman–Crippen MR) is 136 cm³/mol. The van der Waals surface area contributed by atoms with Crippen molar-refractivity contribution in [2.24, 2.45) is 0 Å². The Morgan fingerprint density at radius 3 is 2.31 bits per heavy atom. The van der Waals surface area contributed by atoms with Crippen molar-refractivity contribution in [1.29, 1.82) is 0 Å². The molecule has 8 heteroatoms. The summed E-state index contributed by atoms with van der Waals surface area (Å²) in [5, 5.41) is 21.6. The Labute approximate surface area is 213 Å². The van der Waals surface area contributed by atoms with Gasteiger partial charge in [-0.1, -0.05) is 42.5 Å². The first-order valence-corrected chi connectivity index (χ1v) is 12.8. The molecule has 0 amide bonds. The molecular weight excluding hydrogens is 476 g/mol. The summed E-state index contributed by atoms with van der Waals surface area (Å²) < 4.78 is 23.7. The number of aromatic amines is 1. The molecule has 0 saturated carbocycles. The Kier molecular flexibility index (Phi) is 5.21. The Hall–Kier alpha value is -3.62. The number of methoxy groups -OCH3 is 3. The van der Waals surface area contributed by atoms with Crippen LogP contribution in [-0.2, 0) is 11.2 Å². The largest absolute Gasteiger partial charge is 0.497 e. The quantitative estimate of drug-likeness (QED) is 0.366. The second kappa shape index (κ2) is 8.21. The van der Waals surface area contributed by atoms with Gasteiger partial charge in [0, 0.05) is 23.3 Å². The molecule has 36 heavy (non-hydrogen) atoms. The maximum Gasteiger partial charge on any atom is 0.184 e. The maximum atomic E-state index is 13.0. The molecule has 2 N–H and O–H groups in total. The lowest BCUT2D eigenvalue weighted by atomic mass is 9.70. The monoisotopic (exact) mass is 502 g/mol. The van der Waals surface area contributed by atoms with Crippen LogP contribution >= 0.6 is 11.8 Å². The summed E-state index contributed by atoms with van der Waals surface area (Å²) >= 11 is 1.53. The van der Waals surface area contributed by atoms with Gasteiger partial charge in [0.25, 0.3) is 0 Å². The molecule has 184 valence electrons. The number of thioether (sulfide) groups is 1. The van der Waals surface area contributed by atoms with Crippen LogP contribution in [0.2, 0.25) is 0 Å². The summed E-state index contributed by atoms with van der Waals surface area (Å²) in [5.74, 6) is 1.88. The molecule has 3 aromatic carbocycles. The molecule has 0 radical (unpaired) electrons. The molecule has 0 saturated heterocycles. The van der Waals surface area contributed by atoms with Crippen LogP contribution in [0.1, 0.15) is 33.9 Å². The van der Waals surface area contributed by atoms with Crippen molar-refractivity contribution in [3.63, 3.8) is 0 Å². The van der Waals surface area contributed by atoms with Crippen molar-refractivity contribution >= 4 is 11.8 Å². The van der Waals surface area contributed by atoms with Crippen molar-refractivity contribution in [1.82, 2.24) is 10.2 Å². The standard InChI is InChI=1S/C28H26N2O5S/c1-32-18-12-10-17(11-13-18)28-23(16-8-6-5-7-9-16)22-25(29-30-26(22)36-4)27(28,31)24-20(34-3)14-19(33-2)15-21(24)35-28/h5-15,23,31H,1-4H3,(H,29,30)/t23-,27+,28+/m1/s1. The van der Waals surface area contributed by atoms with Crippen molar-refractivity contribution in [3.05, 3.63) is 94.7 Å². The third-order valence-electron chi connectivity index (χ3n) is 7.34. The van der Waals surface area contributed by atoms with Gasteiger partial charge in [0.1, 0.15) is 28.0 Å². The van der Waals surface area contributed by atoms with E-state index in [0.29, 0.717) is 34.3 Å². The summed E-state index contributed by atoms with van der Waals surface area (Å²) in [5.41, 5.74) is 0.962. The Morgan fingerprint density at radius 1 is 0.944 bits per heavy atom. The number of benzene rings is 3. The average molecular weight is 503 g/mol. The summed E-state index contributed by atoms with van der Waals surface area (Å²) in [6, 6.07) is 21.3. The van der Waals surface area contributed by atoms with Crippen LogP contribution in [0, 0.1) is 0 Å². The van der Waals surface area contributed by atoms with Gasteiger partial charge in [0.05, 0.1) is 38.5 Å². The van der Waals surface area contributed by atoms with Gasteiger partial charge < -0.3 is 24.1 Å².